The Labute approximate surface area is 169 Å². The van der Waals surface area contributed by atoms with Gasteiger partial charge in [-0.05, 0) is 0 Å². The summed E-state index contributed by atoms with van der Waals surface area (Å²) in [6.07, 6.45) is 3.08. The van der Waals surface area contributed by atoms with Crippen LogP contribution in [-0.2, 0) is 14.1 Å². The summed E-state index contributed by atoms with van der Waals surface area (Å²) in [4.78, 5) is 35.8. The van der Waals surface area contributed by atoms with Crippen LogP contribution in [0.4, 0.5) is 5.69 Å². The quantitative estimate of drug-likeness (QED) is 0.297. The SMILES string of the molecule is Cn1c(=O)c2c(-c3ccccc3)n(N=Cc3cccc([N+](=O)[O-])c3)cc2n(C)c1=O. The number of aromatic nitrogens is 3. The van der Waals surface area contributed by atoms with Crippen LogP contribution in [0.5, 0.6) is 0 Å². The van der Waals surface area contributed by atoms with E-state index in [1.54, 1.807) is 25.4 Å². The zero-order valence-electron chi connectivity index (χ0n) is 16.2. The molecule has 0 saturated heterocycles. The standard InChI is InChI=1S/C21H17N5O4/c1-23-17-13-25(22-12-14-7-6-10-16(11-14)26(29)30)19(15-8-4-3-5-9-15)18(17)20(27)24(2)21(23)28/h3-13H,1-2H3. The van der Waals surface area contributed by atoms with E-state index in [2.05, 4.69) is 5.10 Å². The van der Waals surface area contributed by atoms with Gasteiger partial charge in [0, 0.05) is 37.4 Å². The van der Waals surface area contributed by atoms with E-state index in [1.807, 2.05) is 30.3 Å². The monoisotopic (exact) mass is 403 g/mol. The second-order valence-electron chi connectivity index (χ2n) is 6.75. The fourth-order valence-corrected chi connectivity index (χ4v) is 3.34. The van der Waals surface area contributed by atoms with Crippen molar-refractivity contribution in [2.75, 3.05) is 0 Å². The molecule has 0 N–H and O–H groups in total. The van der Waals surface area contributed by atoms with Crippen molar-refractivity contribution >= 4 is 22.8 Å². The van der Waals surface area contributed by atoms with E-state index in [0.29, 0.717) is 22.2 Å². The number of nitro benzene ring substituents is 1. The topological polar surface area (TPSA) is 104 Å². The zero-order chi connectivity index (χ0) is 21.4. The first-order valence-corrected chi connectivity index (χ1v) is 9.04. The summed E-state index contributed by atoms with van der Waals surface area (Å²) in [7, 11) is 3.02. The smallest absolute Gasteiger partial charge is 0.295 e. The number of nitro groups is 1. The Morgan fingerprint density at radius 3 is 2.43 bits per heavy atom. The molecular weight excluding hydrogens is 386 g/mol. The van der Waals surface area contributed by atoms with Gasteiger partial charge in [-0.25, -0.2) is 9.47 Å². The van der Waals surface area contributed by atoms with Crippen LogP contribution in [0.25, 0.3) is 22.2 Å². The molecule has 9 nitrogen and oxygen atoms in total. The molecular formula is C21H17N5O4. The van der Waals surface area contributed by atoms with Gasteiger partial charge in [0.25, 0.3) is 11.2 Å². The molecule has 0 radical (unpaired) electrons. The van der Waals surface area contributed by atoms with Gasteiger partial charge < -0.3 is 0 Å². The van der Waals surface area contributed by atoms with Crippen LogP contribution < -0.4 is 11.2 Å². The third kappa shape index (κ3) is 3.12. The average Bonchev–Trinajstić information content (AvgIpc) is 3.15. The van der Waals surface area contributed by atoms with Gasteiger partial charge in [-0.15, -0.1) is 0 Å². The molecule has 0 aliphatic carbocycles. The predicted molar refractivity (Wildman–Crippen MR) is 114 cm³/mol. The fraction of sp³-hybridized carbons (Fsp3) is 0.0952. The molecule has 2 heterocycles. The summed E-state index contributed by atoms with van der Waals surface area (Å²) >= 11 is 0. The molecule has 0 spiro atoms. The first-order chi connectivity index (χ1) is 14.4. The molecule has 2 aromatic carbocycles. The maximum absolute atomic E-state index is 12.9. The molecule has 150 valence electrons. The van der Waals surface area contributed by atoms with E-state index >= 15 is 0 Å². The van der Waals surface area contributed by atoms with Gasteiger partial charge in [0.2, 0.25) is 0 Å². The van der Waals surface area contributed by atoms with Crippen LogP contribution in [-0.4, -0.2) is 24.9 Å². The van der Waals surface area contributed by atoms with E-state index in [4.69, 9.17) is 0 Å². The predicted octanol–water partition coefficient (Wildman–Crippen LogP) is 2.50. The normalized spacial score (nSPS) is 11.4. The first kappa shape index (κ1) is 19.1. The van der Waals surface area contributed by atoms with Crippen molar-refractivity contribution < 1.29 is 4.92 Å². The molecule has 9 heteroatoms. The van der Waals surface area contributed by atoms with Crippen molar-refractivity contribution in [1.29, 1.82) is 0 Å². The van der Waals surface area contributed by atoms with Crippen LogP contribution in [0, 0.1) is 10.1 Å². The van der Waals surface area contributed by atoms with E-state index in [0.717, 1.165) is 10.1 Å². The highest BCUT2D eigenvalue weighted by Gasteiger charge is 2.19. The van der Waals surface area contributed by atoms with Crippen LogP contribution in [0.1, 0.15) is 5.56 Å². The van der Waals surface area contributed by atoms with Crippen molar-refractivity contribution in [2.45, 2.75) is 0 Å². The molecule has 0 unspecified atom stereocenters. The second kappa shape index (κ2) is 7.28. The summed E-state index contributed by atoms with van der Waals surface area (Å²) in [6, 6.07) is 15.3. The van der Waals surface area contributed by atoms with E-state index < -0.39 is 16.2 Å². The number of aryl methyl sites for hydroxylation is 1. The van der Waals surface area contributed by atoms with Crippen LogP contribution in [0.2, 0.25) is 0 Å². The molecule has 0 atom stereocenters. The van der Waals surface area contributed by atoms with Crippen LogP contribution in [0.3, 0.4) is 0 Å². The summed E-state index contributed by atoms with van der Waals surface area (Å²) < 4.78 is 3.96. The summed E-state index contributed by atoms with van der Waals surface area (Å²) in [5.74, 6) is 0. The summed E-state index contributed by atoms with van der Waals surface area (Å²) in [6.45, 7) is 0. The molecule has 0 aliphatic rings. The Kier molecular flexibility index (Phi) is 4.63. The molecule has 4 aromatic rings. The third-order valence-corrected chi connectivity index (χ3v) is 4.88. The Balaban J connectivity index is 1.98. The Hall–Kier alpha value is -4.27. The van der Waals surface area contributed by atoms with E-state index in [-0.39, 0.29) is 5.69 Å². The van der Waals surface area contributed by atoms with Crippen molar-refractivity contribution in [3.63, 3.8) is 0 Å². The van der Waals surface area contributed by atoms with Crippen molar-refractivity contribution in [2.24, 2.45) is 19.2 Å². The highest BCUT2D eigenvalue weighted by molar-refractivity contribution is 5.94. The maximum atomic E-state index is 12.9. The molecule has 4 rings (SSSR count). The number of hydrogen-bond donors (Lipinski definition) is 0. The lowest BCUT2D eigenvalue weighted by Gasteiger charge is -2.06. The van der Waals surface area contributed by atoms with Gasteiger partial charge in [-0.3, -0.25) is 24.0 Å². The first-order valence-electron chi connectivity index (χ1n) is 9.04. The highest BCUT2D eigenvalue weighted by atomic mass is 16.6. The molecule has 0 bridgehead atoms. The third-order valence-electron chi connectivity index (χ3n) is 4.88. The van der Waals surface area contributed by atoms with Gasteiger partial charge in [-0.1, -0.05) is 42.5 Å². The van der Waals surface area contributed by atoms with Gasteiger partial charge in [0.15, 0.2) is 0 Å². The maximum Gasteiger partial charge on any atom is 0.330 e. The largest absolute Gasteiger partial charge is 0.330 e. The molecule has 0 saturated carbocycles. The molecule has 30 heavy (non-hydrogen) atoms. The Morgan fingerprint density at radius 1 is 1.00 bits per heavy atom. The molecule has 0 fully saturated rings. The van der Waals surface area contributed by atoms with Crippen molar-refractivity contribution in [1.82, 2.24) is 13.8 Å². The minimum Gasteiger partial charge on any atom is -0.295 e. The minimum absolute atomic E-state index is 0.0452. The second-order valence-corrected chi connectivity index (χ2v) is 6.75. The average molecular weight is 403 g/mol. The highest BCUT2D eigenvalue weighted by Crippen LogP contribution is 2.27. The van der Waals surface area contributed by atoms with Gasteiger partial charge in [0.05, 0.1) is 33.9 Å². The Morgan fingerprint density at radius 2 is 1.73 bits per heavy atom. The molecule has 0 aliphatic heterocycles. The fourth-order valence-electron chi connectivity index (χ4n) is 3.34. The summed E-state index contributed by atoms with van der Waals surface area (Å²) in [5.41, 5.74) is 1.35. The summed E-state index contributed by atoms with van der Waals surface area (Å²) in [5, 5.41) is 15.8. The Bertz CT molecular complexity index is 1430. The lowest BCUT2D eigenvalue weighted by Crippen LogP contribution is -2.36. The lowest BCUT2D eigenvalue weighted by atomic mass is 10.1. The number of benzene rings is 2. The van der Waals surface area contributed by atoms with Crippen molar-refractivity contribution in [3.05, 3.63) is 97.3 Å². The number of nitrogens with zero attached hydrogens (tertiary/aromatic N) is 5. The van der Waals surface area contributed by atoms with Gasteiger partial charge in [-0.2, -0.15) is 5.10 Å². The van der Waals surface area contributed by atoms with Gasteiger partial charge >= 0.3 is 5.69 Å². The number of hydrogen-bond acceptors (Lipinski definition) is 5. The van der Waals surface area contributed by atoms with Crippen molar-refractivity contribution in [3.8, 4) is 11.3 Å². The molecule has 0 amide bonds. The zero-order valence-corrected chi connectivity index (χ0v) is 16.2. The lowest BCUT2D eigenvalue weighted by molar-refractivity contribution is -0.384. The molecule has 2 aromatic heterocycles. The van der Waals surface area contributed by atoms with Crippen LogP contribution in [0.15, 0.2) is 75.5 Å². The van der Waals surface area contributed by atoms with E-state index in [9.17, 15) is 19.7 Å². The minimum atomic E-state index is -0.476. The van der Waals surface area contributed by atoms with Crippen LogP contribution >= 0.6 is 0 Å². The van der Waals surface area contributed by atoms with E-state index in [1.165, 1.54) is 34.6 Å². The number of rotatable bonds is 4. The number of non-ortho nitro benzene ring substituents is 1. The van der Waals surface area contributed by atoms with Gasteiger partial charge in [0.1, 0.15) is 0 Å². The number of fused-ring (bicyclic) bond motifs is 1.